The van der Waals surface area contributed by atoms with Crippen molar-refractivity contribution in [1.82, 2.24) is 9.78 Å². The number of hydrogen-bond acceptors (Lipinski definition) is 3. The van der Waals surface area contributed by atoms with Crippen LogP contribution in [0.1, 0.15) is 5.56 Å². The van der Waals surface area contributed by atoms with Gasteiger partial charge in [0.15, 0.2) is 0 Å². The maximum atomic E-state index is 5.22. The van der Waals surface area contributed by atoms with Crippen LogP contribution in [0.25, 0.3) is 0 Å². The third-order valence-electron chi connectivity index (χ3n) is 2.31. The van der Waals surface area contributed by atoms with Crippen LogP contribution in [-0.2, 0) is 6.54 Å². The molecule has 0 spiro atoms. The highest BCUT2D eigenvalue weighted by molar-refractivity contribution is 5.23. The highest BCUT2D eigenvalue weighted by atomic mass is 16.5. The summed E-state index contributed by atoms with van der Waals surface area (Å²) in [6.45, 7) is 0.674. The lowest BCUT2D eigenvalue weighted by Gasteiger charge is -2.05. The van der Waals surface area contributed by atoms with Gasteiger partial charge in [-0.15, -0.1) is 5.10 Å². The van der Waals surface area contributed by atoms with Crippen molar-refractivity contribution >= 4 is 0 Å². The van der Waals surface area contributed by atoms with Crippen LogP contribution in [0.4, 0.5) is 0 Å². The van der Waals surface area contributed by atoms with E-state index in [2.05, 4.69) is 5.10 Å². The van der Waals surface area contributed by atoms with E-state index < -0.39 is 0 Å². The molecule has 4 heteroatoms. The molecule has 16 heavy (non-hydrogen) atoms. The van der Waals surface area contributed by atoms with Crippen LogP contribution in [0, 0.1) is 0 Å². The lowest BCUT2D eigenvalue weighted by Crippen LogP contribution is -2.04. The molecule has 2 aromatic rings. The Morgan fingerprint density at radius 1 is 1.12 bits per heavy atom. The summed E-state index contributed by atoms with van der Waals surface area (Å²) in [7, 11) is 3.21. The molecule has 0 saturated carbocycles. The van der Waals surface area contributed by atoms with Crippen LogP contribution < -0.4 is 9.47 Å². The van der Waals surface area contributed by atoms with Crippen LogP contribution in [-0.4, -0.2) is 24.0 Å². The molecule has 1 aromatic carbocycles. The summed E-state index contributed by atoms with van der Waals surface area (Å²) in [5, 5.41) is 4.26. The van der Waals surface area contributed by atoms with Crippen molar-refractivity contribution in [2.75, 3.05) is 14.2 Å². The van der Waals surface area contributed by atoms with E-state index in [0.29, 0.717) is 18.3 Å². The minimum Gasteiger partial charge on any atom is -0.481 e. The summed E-state index contributed by atoms with van der Waals surface area (Å²) in [6, 6.07) is 11.9. The molecule has 0 saturated heterocycles. The first-order valence-corrected chi connectivity index (χ1v) is 5.03. The van der Waals surface area contributed by atoms with Gasteiger partial charge in [-0.05, 0) is 5.56 Å². The average molecular weight is 218 g/mol. The molecule has 0 aliphatic heterocycles. The highest BCUT2D eigenvalue weighted by Gasteiger charge is 2.08. The molecule has 4 nitrogen and oxygen atoms in total. The van der Waals surface area contributed by atoms with Gasteiger partial charge >= 0.3 is 0 Å². The molecule has 0 N–H and O–H groups in total. The largest absolute Gasteiger partial charge is 0.481 e. The van der Waals surface area contributed by atoms with E-state index in [1.165, 1.54) is 5.56 Å². The van der Waals surface area contributed by atoms with Gasteiger partial charge in [-0.2, -0.15) is 0 Å². The van der Waals surface area contributed by atoms with Crippen LogP contribution in [0.2, 0.25) is 0 Å². The second-order valence-electron chi connectivity index (χ2n) is 3.37. The number of nitrogens with zero attached hydrogens (tertiary/aromatic N) is 2. The van der Waals surface area contributed by atoms with Crippen molar-refractivity contribution in [3.63, 3.8) is 0 Å². The predicted molar refractivity (Wildman–Crippen MR) is 60.9 cm³/mol. The minimum atomic E-state index is 0.563. The van der Waals surface area contributed by atoms with Gasteiger partial charge in [0, 0.05) is 0 Å². The Labute approximate surface area is 94.4 Å². The molecule has 0 aliphatic rings. The first-order chi connectivity index (χ1) is 7.83. The fourth-order valence-electron chi connectivity index (χ4n) is 1.51. The highest BCUT2D eigenvalue weighted by Crippen LogP contribution is 2.19. The Morgan fingerprint density at radius 3 is 2.50 bits per heavy atom. The molecule has 84 valence electrons. The number of benzene rings is 1. The molecule has 0 amide bonds. The summed E-state index contributed by atoms with van der Waals surface area (Å²) >= 11 is 0. The predicted octanol–water partition coefficient (Wildman–Crippen LogP) is 1.95. The summed E-state index contributed by atoms with van der Waals surface area (Å²) in [5.74, 6) is 1.26. The summed E-state index contributed by atoms with van der Waals surface area (Å²) < 4.78 is 12.1. The zero-order valence-electron chi connectivity index (χ0n) is 9.38. The Morgan fingerprint density at radius 2 is 1.88 bits per heavy atom. The molecule has 0 radical (unpaired) electrons. The normalized spacial score (nSPS) is 10.1. The molecule has 1 heterocycles. The Balaban J connectivity index is 2.23. The van der Waals surface area contributed by atoms with Gasteiger partial charge in [-0.3, -0.25) is 0 Å². The Hall–Kier alpha value is -1.97. The van der Waals surface area contributed by atoms with Crippen molar-refractivity contribution in [3.05, 3.63) is 42.0 Å². The zero-order chi connectivity index (χ0) is 11.4. The summed E-state index contributed by atoms with van der Waals surface area (Å²) in [5.41, 5.74) is 1.17. The van der Waals surface area contributed by atoms with Gasteiger partial charge in [-0.25, -0.2) is 4.68 Å². The van der Waals surface area contributed by atoms with Crippen LogP contribution in [0.3, 0.4) is 0 Å². The van der Waals surface area contributed by atoms with Gasteiger partial charge in [0.25, 0.3) is 0 Å². The third kappa shape index (κ3) is 2.16. The van der Waals surface area contributed by atoms with Crippen molar-refractivity contribution in [1.29, 1.82) is 0 Å². The fourth-order valence-corrected chi connectivity index (χ4v) is 1.51. The van der Waals surface area contributed by atoms with E-state index >= 15 is 0 Å². The van der Waals surface area contributed by atoms with Gasteiger partial charge in [0.05, 0.1) is 26.8 Å². The number of ether oxygens (including phenoxy) is 2. The molecular formula is C12H14N2O2. The van der Waals surface area contributed by atoms with Crippen molar-refractivity contribution in [3.8, 4) is 11.8 Å². The van der Waals surface area contributed by atoms with Crippen LogP contribution in [0.5, 0.6) is 11.8 Å². The average Bonchev–Trinajstić information content (AvgIpc) is 2.73. The smallest absolute Gasteiger partial charge is 0.236 e. The maximum Gasteiger partial charge on any atom is 0.236 e. The Kier molecular flexibility index (Phi) is 3.10. The van der Waals surface area contributed by atoms with Crippen molar-refractivity contribution < 1.29 is 9.47 Å². The monoisotopic (exact) mass is 218 g/mol. The van der Waals surface area contributed by atoms with Gasteiger partial charge in [0.1, 0.15) is 0 Å². The van der Waals surface area contributed by atoms with E-state index in [0.717, 1.165) is 0 Å². The van der Waals surface area contributed by atoms with Gasteiger partial charge in [-0.1, -0.05) is 30.3 Å². The van der Waals surface area contributed by atoms with E-state index in [4.69, 9.17) is 9.47 Å². The molecule has 0 bridgehead atoms. The molecule has 0 unspecified atom stereocenters. The van der Waals surface area contributed by atoms with E-state index in [-0.39, 0.29) is 0 Å². The topological polar surface area (TPSA) is 36.3 Å². The lowest BCUT2D eigenvalue weighted by atomic mass is 10.2. The standard InChI is InChI=1S/C12H14N2O2/c1-15-11-8-12(16-2)14(13-11)9-10-6-4-3-5-7-10/h3-8H,9H2,1-2H3. The molecule has 1 aromatic heterocycles. The van der Waals surface area contributed by atoms with Crippen molar-refractivity contribution in [2.45, 2.75) is 6.54 Å². The number of rotatable bonds is 4. The molecule has 0 atom stereocenters. The SMILES string of the molecule is COc1cc(OC)n(Cc2ccccc2)n1. The van der Waals surface area contributed by atoms with Gasteiger partial charge in [0.2, 0.25) is 11.8 Å². The van der Waals surface area contributed by atoms with E-state index in [1.54, 1.807) is 25.0 Å². The first-order valence-electron chi connectivity index (χ1n) is 5.03. The molecule has 0 aliphatic carbocycles. The lowest BCUT2D eigenvalue weighted by molar-refractivity contribution is 0.363. The van der Waals surface area contributed by atoms with Gasteiger partial charge < -0.3 is 9.47 Å². The number of methoxy groups -OCH3 is 2. The Bertz CT molecular complexity index is 451. The van der Waals surface area contributed by atoms with E-state index in [1.807, 2.05) is 30.3 Å². The van der Waals surface area contributed by atoms with Crippen LogP contribution >= 0.6 is 0 Å². The zero-order valence-corrected chi connectivity index (χ0v) is 9.38. The third-order valence-corrected chi connectivity index (χ3v) is 2.31. The minimum absolute atomic E-state index is 0.563. The molecule has 0 fully saturated rings. The molecular weight excluding hydrogens is 204 g/mol. The summed E-state index contributed by atoms with van der Waals surface area (Å²) in [6.07, 6.45) is 0. The first kappa shape index (κ1) is 10.5. The second kappa shape index (κ2) is 4.70. The second-order valence-corrected chi connectivity index (χ2v) is 3.37. The number of hydrogen-bond donors (Lipinski definition) is 0. The molecule has 2 rings (SSSR count). The maximum absolute atomic E-state index is 5.22. The fraction of sp³-hybridized carbons (Fsp3) is 0.250. The summed E-state index contributed by atoms with van der Waals surface area (Å²) in [4.78, 5) is 0. The van der Waals surface area contributed by atoms with Crippen molar-refractivity contribution in [2.24, 2.45) is 0 Å². The van der Waals surface area contributed by atoms with E-state index in [9.17, 15) is 0 Å². The van der Waals surface area contributed by atoms with Crippen LogP contribution in [0.15, 0.2) is 36.4 Å². The quantitative estimate of drug-likeness (QED) is 0.787. The number of aromatic nitrogens is 2.